The minimum atomic E-state index is 0. The summed E-state index contributed by atoms with van der Waals surface area (Å²) in [6.45, 7) is 5.90. The first kappa shape index (κ1) is 9.58. The fraction of sp³-hybridized carbons (Fsp3) is 1.00. The van der Waals surface area contributed by atoms with Crippen LogP contribution in [0.2, 0.25) is 0 Å². The van der Waals surface area contributed by atoms with Gasteiger partial charge in [0.1, 0.15) is 0 Å². The summed E-state index contributed by atoms with van der Waals surface area (Å²) in [5.74, 6) is 0. The lowest BCUT2D eigenvalue weighted by Gasteiger charge is -2.06. The lowest BCUT2D eigenvalue weighted by molar-refractivity contribution is 0.580. The Bertz CT molecular complexity index is 23.0. The Morgan fingerprint density at radius 3 is 1.17 bits per heavy atom. The van der Waals surface area contributed by atoms with Crippen molar-refractivity contribution in [1.29, 1.82) is 0 Å². The smallest absolute Gasteiger partial charge is 0.00686 e. The molecule has 0 aliphatic rings. The first-order valence-electron chi connectivity index (χ1n) is 1.79. The monoisotopic (exact) mass is 107 g/mol. The van der Waals surface area contributed by atoms with Crippen molar-refractivity contribution in [3.8, 4) is 0 Å². The zero-order valence-corrected chi connectivity index (χ0v) is 5.58. The third-order valence-corrected chi connectivity index (χ3v) is 0. The van der Waals surface area contributed by atoms with Gasteiger partial charge in [-0.05, 0) is 20.8 Å². The van der Waals surface area contributed by atoms with Crippen LogP contribution >= 0.6 is 13.5 Å². The van der Waals surface area contributed by atoms with Gasteiger partial charge in [0.15, 0.2) is 0 Å². The summed E-state index contributed by atoms with van der Waals surface area (Å²) in [4.78, 5) is 0. The SMILES string of the molecule is CC(C)(C)N.S. The highest BCUT2D eigenvalue weighted by Crippen LogP contribution is 1.88. The van der Waals surface area contributed by atoms with Crippen LogP contribution in [0.3, 0.4) is 0 Å². The molecule has 0 saturated carbocycles. The van der Waals surface area contributed by atoms with Gasteiger partial charge in [-0.2, -0.15) is 13.5 Å². The molecule has 0 aromatic carbocycles. The summed E-state index contributed by atoms with van der Waals surface area (Å²) >= 11 is 0. The maximum Gasteiger partial charge on any atom is 0.00686 e. The quantitative estimate of drug-likeness (QED) is 0.488. The highest BCUT2D eigenvalue weighted by molar-refractivity contribution is 7.59. The molecular formula is C4H13NS. The Balaban J connectivity index is 0. The van der Waals surface area contributed by atoms with Crippen molar-refractivity contribution in [2.45, 2.75) is 26.3 Å². The Hall–Kier alpha value is 0.310. The Morgan fingerprint density at radius 2 is 1.17 bits per heavy atom. The molecule has 0 aromatic heterocycles. The molecule has 1 nitrogen and oxygen atoms in total. The Kier molecular flexibility index (Phi) is 3.95. The first-order valence-corrected chi connectivity index (χ1v) is 1.79. The largest absolute Gasteiger partial charge is 0.326 e. The standard InChI is InChI=1S/C4H11N.H2S/c1-4(2,3)5;/h5H2,1-3H3;1H2. The van der Waals surface area contributed by atoms with E-state index in [2.05, 4.69) is 0 Å². The van der Waals surface area contributed by atoms with Crippen molar-refractivity contribution in [1.82, 2.24) is 0 Å². The molecule has 0 unspecified atom stereocenters. The number of rotatable bonds is 0. The average Bonchev–Trinajstić information content (AvgIpc) is 0.722. The van der Waals surface area contributed by atoms with Crippen LogP contribution in [0, 0.1) is 0 Å². The molecule has 2 heteroatoms. The van der Waals surface area contributed by atoms with Crippen molar-refractivity contribution in [3.05, 3.63) is 0 Å². The van der Waals surface area contributed by atoms with Gasteiger partial charge < -0.3 is 5.73 Å². The van der Waals surface area contributed by atoms with E-state index < -0.39 is 0 Å². The molecule has 0 spiro atoms. The first-order chi connectivity index (χ1) is 2.00. The van der Waals surface area contributed by atoms with E-state index in [1.54, 1.807) is 0 Å². The normalized spacial score (nSPS) is 10.0. The minimum absolute atomic E-state index is 0. The Labute approximate surface area is 46.4 Å². The van der Waals surface area contributed by atoms with Crippen LogP contribution in [0.15, 0.2) is 0 Å². The number of hydrogen-bond donors (Lipinski definition) is 1. The van der Waals surface area contributed by atoms with Gasteiger partial charge in [0.05, 0.1) is 0 Å². The molecule has 0 radical (unpaired) electrons. The zero-order chi connectivity index (χ0) is 4.50. The molecule has 0 aliphatic heterocycles. The summed E-state index contributed by atoms with van der Waals surface area (Å²) < 4.78 is 0. The molecular weight excluding hydrogens is 94.1 g/mol. The summed E-state index contributed by atoms with van der Waals surface area (Å²) in [7, 11) is 0. The van der Waals surface area contributed by atoms with Gasteiger partial charge in [0.2, 0.25) is 0 Å². The van der Waals surface area contributed by atoms with E-state index in [9.17, 15) is 0 Å². The molecule has 0 aliphatic carbocycles. The van der Waals surface area contributed by atoms with Crippen LogP contribution in [-0.4, -0.2) is 5.54 Å². The number of nitrogens with two attached hydrogens (primary N) is 1. The predicted octanol–water partition coefficient (Wildman–Crippen LogP) is 0.856. The van der Waals surface area contributed by atoms with Crippen LogP contribution in [0.5, 0.6) is 0 Å². The summed E-state index contributed by atoms with van der Waals surface area (Å²) in [5, 5.41) is 0. The summed E-state index contributed by atoms with van der Waals surface area (Å²) in [6, 6.07) is 0. The molecule has 0 atom stereocenters. The lowest BCUT2D eigenvalue weighted by atomic mass is 10.1. The third-order valence-electron chi connectivity index (χ3n) is 0. The van der Waals surface area contributed by atoms with E-state index in [-0.39, 0.29) is 19.0 Å². The van der Waals surface area contributed by atoms with Crippen LogP contribution in [-0.2, 0) is 0 Å². The molecule has 0 saturated heterocycles. The van der Waals surface area contributed by atoms with Gasteiger partial charge >= 0.3 is 0 Å². The summed E-state index contributed by atoms with van der Waals surface area (Å²) in [5.41, 5.74) is 5.35. The molecule has 0 fully saturated rings. The maximum atomic E-state index is 5.35. The van der Waals surface area contributed by atoms with E-state index in [0.717, 1.165) is 0 Å². The second kappa shape index (κ2) is 2.48. The van der Waals surface area contributed by atoms with Crippen molar-refractivity contribution < 1.29 is 0 Å². The van der Waals surface area contributed by atoms with E-state index in [4.69, 9.17) is 5.73 Å². The van der Waals surface area contributed by atoms with E-state index in [1.807, 2.05) is 20.8 Å². The highest BCUT2D eigenvalue weighted by Gasteiger charge is 1.95. The second-order valence-corrected chi connectivity index (χ2v) is 2.37. The molecule has 0 heterocycles. The minimum Gasteiger partial charge on any atom is -0.326 e. The van der Waals surface area contributed by atoms with Gasteiger partial charge in [-0.1, -0.05) is 0 Å². The van der Waals surface area contributed by atoms with E-state index in [0.29, 0.717) is 0 Å². The van der Waals surface area contributed by atoms with Crippen LogP contribution < -0.4 is 5.73 Å². The zero-order valence-electron chi connectivity index (χ0n) is 4.58. The molecule has 6 heavy (non-hydrogen) atoms. The fourth-order valence-electron chi connectivity index (χ4n) is 0. The predicted molar refractivity (Wildman–Crippen MR) is 34.3 cm³/mol. The van der Waals surface area contributed by atoms with E-state index >= 15 is 0 Å². The fourth-order valence-corrected chi connectivity index (χ4v) is 0. The van der Waals surface area contributed by atoms with Gasteiger partial charge in [0, 0.05) is 5.54 Å². The van der Waals surface area contributed by atoms with Crippen molar-refractivity contribution in [2.75, 3.05) is 0 Å². The van der Waals surface area contributed by atoms with E-state index in [1.165, 1.54) is 0 Å². The number of hydrogen-bond acceptors (Lipinski definition) is 1. The van der Waals surface area contributed by atoms with Crippen LogP contribution in [0.25, 0.3) is 0 Å². The third kappa shape index (κ3) is 491. The van der Waals surface area contributed by atoms with Gasteiger partial charge in [-0.15, -0.1) is 0 Å². The summed E-state index contributed by atoms with van der Waals surface area (Å²) in [6.07, 6.45) is 0. The van der Waals surface area contributed by atoms with Gasteiger partial charge in [-0.3, -0.25) is 0 Å². The topological polar surface area (TPSA) is 26.0 Å². The lowest BCUT2D eigenvalue weighted by Crippen LogP contribution is -2.26. The van der Waals surface area contributed by atoms with Crippen LogP contribution in [0.1, 0.15) is 20.8 Å². The van der Waals surface area contributed by atoms with Gasteiger partial charge in [0.25, 0.3) is 0 Å². The Morgan fingerprint density at radius 1 is 1.17 bits per heavy atom. The maximum absolute atomic E-state index is 5.35. The molecule has 2 N–H and O–H groups in total. The van der Waals surface area contributed by atoms with Gasteiger partial charge in [-0.25, -0.2) is 0 Å². The van der Waals surface area contributed by atoms with Crippen molar-refractivity contribution in [2.24, 2.45) is 5.73 Å². The average molecular weight is 107 g/mol. The molecule has 40 valence electrons. The van der Waals surface area contributed by atoms with Crippen LogP contribution in [0.4, 0.5) is 0 Å². The van der Waals surface area contributed by atoms with Crippen molar-refractivity contribution >= 4 is 13.5 Å². The molecule has 0 rings (SSSR count). The highest BCUT2D eigenvalue weighted by atomic mass is 32.1. The van der Waals surface area contributed by atoms with Crippen molar-refractivity contribution in [3.63, 3.8) is 0 Å². The molecule has 0 bridgehead atoms. The second-order valence-electron chi connectivity index (χ2n) is 2.37. The molecule has 0 aromatic rings. The molecule has 0 amide bonds.